The summed E-state index contributed by atoms with van der Waals surface area (Å²) in [4.78, 5) is 24.3. The first-order valence-corrected chi connectivity index (χ1v) is 7.04. The van der Waals surface area contributed by atoms with Crippen LogP contribution in [0.4, 0.5) is 0 Å². The van der Waals surface area contributed by atoms with E-state index >= 15 is 0 Å². The van der Waals surface area contributed by atoms with Crippen molar-refractivity contribution in [2.24, 2.45) is 0 Å². The second kappa shape index (κ2) is 5.85. The summed E-state index contributed by atoms with van der Waals surface area (Å²) in [5.41, 5.74) is 0.833. The van der Waals surface area contributed by atoms with Gasteiger partial charge < -0.3 is 9.73 Å². The third-order valence-electron chi connectivity index (χ3n) is 3.53. The largest absolute Gasteiger partial charge is 0.422 e. The number of hydrogen-bond acceptors (Lipinski definition) is 3. The average Bonchev–Trinajstić information content (AvgIpc) is 2.54. The van der Waals surface area contributed by atoms with Gasteiger partial charge in [0, 0.05) is 5.39 Å². The fourth-order valence-electron chi connectivity index (χ4n) is 2.32. The molecule has 3 rings (SSSR count). The molecule has 0 bridgehead atoms. The lowest BCUT2D eigenvalue weighted by Crippen LogP contribution is -2.30. The minimum Gasteiger partial charge on any atom is -0.422 e. The SMILES string of the molecule is C[C@@H](NC(=O)c1cc2ccccc2oc1=O)c1ccccc1. The van der Waals surface area contributed by atoms with Crippen LogP contribution in [0.3, 0.4) is 0 Å². The summed E-state index contributed by atoms with van der Waals surface area (Å²) in [7, 11) is 0. The van der Waals surface area contributed by atoms with Crippen LogP contribution in [0.2, 0.25) is 0 Å². The minimum absolute atomic E-state index is 0.0153. The minimum atomic E-state index is -0.628. The molecule has 0 radical (unpaired) electrons. The number of nitrogens with one attached hydrogen (secondary N) is 1. The number of carbonyl (C=O) groups excluding carboxylic acids is 1. The van der Waals surface area contributed by atoms with Crippen molar-refractivity contribution in [2.45, 2.75) is 13.0 Å². The highest BCUT2D eigenvalue weighted by molar-refractivity contribution is 5.96. The molecular formula is C18H15NO3. The fraction of sp³-hybridized carbons (Fsp3) is 0.111. The Labute approximate surface area is 127 Å². The Morgan fingerprint density at radius 2 is 1.73 bits per heavy atom. The molecule has 1 aromatic heterocycles. The number of benzene rings is 2. The lowest BCUT2D eigenvalue weighted by molar-refractivity contribution is 0.0936. The van der Waals surface area contributed by atoms with Crippen LogP contribution < -0.4 is 10.9 Å². The van der Waals surface area contributed by atoms with Crippen molar-refractivity contribution in [2.75, 3.05) is 0 Å². The highest BCUT2D eigenvalue weighted by Crippen LogP contribution is 2.15. The van der Waals surface area contributed by atoms with E-state index in [-0.39, 0.29) is 11.6 Å². The Morgan fingerprint density at radius 1 is 1.05 bits per heavy atom. The van der Waals surface area contributed by atoms with Gasteiger partial charge in [0.15, 0.2) is 0 Å². The van der Waals surface area contributed by atoms with Crippen LogP contribution in [-0.4, -0.2) is 5.91 Å². The van der Waals surface area contributed by atoms with Crippen LogP contribution in [0.25, 0.3) is 11.0 Å². The van der Waals surface area contributed by atoms with Crippen molar-refractivity contribution < 1.29 is 9.21 Å². The summed E-state index contributed by atoms with van der Waals surface area (Å²) < 4.78 is 5.18. The molecule has 0 fully saturated rings. The number of carbonyl (C=O) groups is 1. The predicted molar refractivity (Wildman–Crippen MR) is 84.8 cm³/mol. The van der Waals surface area contributed by atoms with Gasteiger partial charge in [0.1, 0.15) is 11.1 Å². The predicted octanol–water partition coefficient (Wildman–Crippen LogP) is 3.28. The molecule has 0 saturated carbocycles. The Balaban J connectivity index is 1.89. The molecule has 4 heteroatoms. The Bertz CT molecular complexity index is 868. The lowest BCUT2D eigenvalue weighted by Gasteiger charge is -2.13. The summed E-state index contributed by atoms with van der Waals surface area (Å²) in [5.74, 6) is -0.434. The van der Waals surface area contributed by atoms with Gasteiger partial charge in [-0.1, -0.05) is 48.5 Å². The van der Waals surface area contributed by atoms with Crippen molar-refractivity contribution in [3.05, 3.63) is 82.2 Å². The number of fused-ring (bicyclic) bond motifs is 1. The smallest absolute Gasteiger partial charge is 0.349 e. The average molecular weight is 293 g/mol. The van der Waals surface area contributed by atoms with E-state index in [1.165, 1.54) is 0 Å². The van der Waals surface area contributed by atoms with E-state index in [1.54, 1.807) is 24.3 Å². The first-order chi connectivity index (χ1) is 10.6. The molecule has 0 saturated heterocycles. The van der Waals surface area contributed by atoms with Gasteiger partial charge in [-0.05, 0) is 24.6 Å². The van der Waals surface area contributed by atoms with Crippen LogP contribution in [0, 0.1) is 0 Å². The van der Waals surface area contributed by atoms with Crippen LogP contribution >= 0.6 is 0 Å². The van der Waals surface area contributed by atoms with Crippen LogP contribution in [0.15, 0.2) is 69.9 Å². The molecule has 4 nitrogen and oxygen atoms in total. The van der Waals surface area contributed by atoms with Crippen LogP contribution in [0.1, 0.15) is 28.9 Å². The monoisotopic (exact) mass is 293 g/mol. The second-order valence-corrected chi connectivity index (χ2v) is 5.09. The van der Waals surface area contributed by atoms with Gasteiger partial charge >= 0.3 is 5.63 Å². The maximum absolute atomic E-state index is 12.3. The van der Waals surface area contributed by atoms with Crippen molar-refractivity contribution in [3.63, 3.8) is 0 Å². The van der Waals surface area contributed by atoms with E-state index in [4.69, 9.17) is 4.42 Å². The molecule has 1 N–H and O–H groups in total. The zero-order valence-electron chi connectivity index (χ0n) is 12.1. The Hall–Kier alpha value is -2.88. The number of amides is 1. The van der Waals surface area contributed by atoms with Gasteiger partial charge in [-0.3, -0.25) is 4.79 Å². The third kappa shape index (κ3) is 2.76. The zero-order valence-corrected chi connectivity index (χ0v) is 12.1. The van der Waals surface area contributed by atoms with Gasteiger partial charge in [0.2, 0.25) is 0 Å². The third-order valence-corrected chi connectivity index (χ3v) is 3.53. The number of rotatable bonds is 3. The van der Waals surface area contributed by atoms with Gasteiger partial charge in [-0.25, -0.2) is 4.79 Å². The molecular weight excluding hydrogens is 278 g/mol. The van der Waals surface area contributed by atoms with Crippen molar-refractivity contribution >= 4 is 16.9 Å². The second-order valence-electron chi connectivity index (χ2n) is 5.09. The summed E-state index contributed by atoms with van der Waals surface area (Å²) >= 11 is 0. The van der Waals surface area contributed by atoms with Crippen molar-refractivity contribution in [1.82, 2.24) is 5.32 Å². The zero-order chi connectivity index (χ0) is 15.5. The van der Waals surface area contributed by atoms with Gasteiger partial charge in [0.25, 0.3) is 5.91 Å². The molecule has 22 heavy (non-hydrogen) atoms. The maximum Gasteiger partial charge on any atom is 0.349 e. The van der Waals surface area contributed by atoms with Gasteiger partial charge in [-0.15, -0.1) is 0 Å². The molecule has 0 spiro atoms. The Morgan fingerprint density at radius 3 is 2.50 bits per heavy atom. The highest BCUT2D eigenvalue weighted by atomic mass is 16.4. The fourth-order valence-corrected chi connectivity index (χ4v) is 2.32. The number of para-hydroxylation sites is 1. The summed E-state index contributed by atoms with van der Waals surface area (Å²) in [6.45, 7) is 1.87. The van der Waals surface area contributed by atoms with E-state index in [0.29, 0.717) is 5.58 Å². The standard InChI is InChI=1S/C18H15NO3/c1-12(13-7-3-2-4-8-13)19-17(20)15-11-14-9-5-6-10-16(14)22-18(15)21/h2-12H,1H3,(H,19,20)/t12-/m1/s1. The first kappa shape index (κ1) is 14.1. The van der Waals surface area contributed by atoms with Gasteiger partial charge in [-0.2, -0.15) is 0 Å². The van der Waals surface area contributed by atoms with Crippen molar-refractivity contribution in [1.29, 1.82) is 0 Å². The molecule has 0 unspecified atom stereocenters. The summed E-state index contributed by atoms with van der Waals surface area (Å²) in [5, 5.41) is 3.54. The van der Waals surface area contributed by atoms with Crippen LogP contribution in [0.5, 0.6) is 0 Å². The molecule has 110 valence electrons. The van der Waals surface area contributed by atoms with Gasteiger partial charge in [0.05, 0.1) is 6.04 Å². The van der Waals surface area contributed by atoms with Crippen LogP contribution in [-0.2, 0) is 0 Å². The normalized spacial score (nSPS) is 12.0. The molecule has 0 aliphatic carbocycles. The topological polar surface area (TPSA) is 59.3 Å². The molecule has 1 atom stereocenters. The molecule has 3 aromatic rings. The Kier molecular flexibility index (Phi) is 3.74. The lowest BCUT2D eigenvalue weighted by atomic mass is 10.1. The van der Waals surface area contributed by atoms with E-state index in [0.717, 1.165) is 10.9 Å². The van der Waals surface area contributed by atoms with E-state index in [9.17, 15) is 9.59 Å². The molecule has 0 aliphatic rings. The highest BCUT2D eigenvalue weighted by Gasteiger charge is 2.16. The van der Waals surface area contributed by atoms with E-state index < -0.39 is 11.5 Å². The molecule has 1 heterocycles. The summed E-state index contributed by atoms with van der Waals surface area (Å²) in [6, 6.07) is 18.1. The maximum atomic E-state index is 12.3. The van der Waals surface area contributed by atoms with E-state index in [1.807, 2.05) is 43.3 Å². The van der Waals surface area contributed by atoms with E-state index in [2.05, 4.69) is 5.32 Å². The summed E-state index contributed by atoms with van der Waals surface area (Å²) in [6.07, 6.45) is 0. The molecule has 1 amide bonds. The molecule has 0 aliphatic heterocycles. The van der Waals surface area contributed by atoms with Crippen molar-refractivity contribution in [3.8, 4) is 0 Å². The number of hydrogen-bond donors (Lipinski definition) is 1. The quantitative estimate of drug-likeness (QED) is 0.754. The molecule has 2 aromatic carbocycles. The first-order valence-electron chi connectivity index (χ1n) is 7.04.